The molecule has 2 aromatic heterocycles. The standard InChI is InChI=1S/C21H18N4O3S/c1-14-21(29-20(24-14)18-7-4-8-23-11-18)25(19(27)13-28-15(2)26)12-17-6-3-5-16(9-17)10-22/h3-9,11H,12-13H2,1-2H3. The number of nitrogens with zero attached hydrogens (tertiary/aromatic N) is 4. The highest BCUT2D eigenvalue weighted by atomic mass is 32.1. The van der Waals surface area contributed by atoms with Gasteiger partial charge in [-0.15, -0.1) is 0 Å². The van der Waals surface area contributed by atoms with Crippen molar-refractivity contribution in [1.82, 2.24) is 9.97 Å². The molecule has 0 spiro atoms. The highest BCUT2D eigenvalue weighted by molar-refractivity contribution is 7.19. The molecule has 0 atom stereocenters. The van der Waals surface area contributed by atoms with Gasteiger partial charge >= 0.3 is 5.97 Å². The quantitative estimate of drug-likeness (QED) is 0.582. The van der Waals surface area contributed by atoms with Crippen LogP contribution in [-0.4, -0.2) is 28.5 Å². The van der Waals surface area contributed by atoms with E-state index in [1.807, 2.05) is 25.1 Å². The lowest BCUT2D eigenvalue weighted by molar-refractivity contribution is -0.145. The normalized spacial score (nSPS) is 10.2. The van der Waals surface area contributed by atoms with Crippen molar-refractivity contribution in [1.29, 1.82) is 5.26 Å². The van der Waals surface area contributed by atoms with Gasteiger partial charge in [0.05, 0.1) is 23.9 Å². The van der Waals surface area contributed by atoms with Crippen molar-refractivity contribution in [2.75, 3.05) is 11.5 Å². The lowest BCUT2D eigenvalue weighted by Gasteiger charge is -2.21. The molecule has 3 rings (SSSR count). The van der Waals surface area contributed by atoms with Crippen molar-refractivity contribution in [2.24, 2.45) is 0 Å². The van der Waals surface area contributed by atoms with Crippen LogP contribution in [0.15, 0.2) is 48.8 Å². The molecule has 0 saturated carbocycles. The molecule has 0 unspecified atom stereocenters. The summed E-state index contributed by atoms with van der Waals surface area (Å²) >= 11 is 1.36. The molecule has 0 bridgehead atoms. The first-order chi connectivity index (χ1) is 14.0. The van der Waals surface area contributed by atoms with Gasteiger partial charge in [0.25, 0.3) is 5.91 Å². The van der Waals surface area contributed by atoms with Crippen LogP contribution in [0.25, 0.3) is 10.6 Å². The summed E-state index contributed by atoms with van der Waals surface area (Å²) in [6, 6.07) is 12.9. The van der Waals surface area contributed by atoms with Crippen LogP contribution < -0.4 is 4.90 Å². The Balaban J connectivity index is 1.96. The fourth-order valence-corrected chi connectivity index (χ4v) is 3.76. The fourth-order valence-electron chi connectivity index (χ4n) is 2.69. The van der Waals surface area contributed by atoms with Crippen molar-refractivity contribution >= 4 is 28.2 Å². The van der Waals surface area contributed by atoms with Crippen LogP contribution in [0.4, 0.5) is 5.00 Å². The molecule has 1 aromatic carbocycles. The number of nitriles is 1. The van der Waals surface area contributed by atoms with Crippen molar-refractivity contribution in [3.05, 3.63) is 65.6 Å². The number of pyridine rings is 1. The van der Waals surface area contributed by atoms with Crippen LogP contribution in [0.5, 0.6) is 0 Å². The predicted octanol–water partition coefficient (Wildman–Crippen LogP) is 3.48. The van der Waals surface area contributed by atoms with E-state index in [9.17, 15) is 9.59 Å². The molecule has 2 heterocycles. The summed E-state index contributed by atoms with van der Waals surface area (Å²) in [6.07, 6.45) is 3.39. The number of ether oxygens (including phenoxy) is 1. The van der Waals surface area contributed by atoms with E-state index in [0.29, 0.717) is 16.3 Å². The summed E-state index contributed by atoms with van der Waals surface area (Å²) in [7, 11) is 0. The maximum Gasteiger partial charge on any atom is 0.303 e. The molecule has 1 amide bonds. The minimum Gasteiger partial charge on any atom is -0.456 e. The highest BCUT2D eigenvalue weighted by Crippen LogP contribution is 2.35. The highest BCUT2D eigenvalue weighted by Gasteiger charge is 2.23. The zero-order chi connectivity index (χ0) is 20.8. The van der Waals surface area contributed by atoms with E-state index < -0.39 is 5.97 Å². The zero-order valence-electron chi connectivity index (χ0n) is 16.0. The first-order valence-corrected chi connectivity index (χ1v) is 9.60. The second kappa shape index (κ2) is 9.08. The molecule has 8 heteroatoms. The number of carbonyl (C=O) groups is 2. The lowest BCUT2D eigenvalue weighted by Crippen LogP contribution is -2.34. The van der Waals surface area contributed by atoms with Gasteiger partial charge in [0.15, 0.2) is 6.61 Å². The number of carbonyl (C=O) groups excluding carboxylic acids is 2. The van der Waals surface area contributed by atoms with Crippen LogP contribution in [0.3, 0.4) is 0 Å². The van der Waals surface area contributed by atoms with E-state index in [4.69, 9.17) is 10.00 Å². The molecule has 7 nitrogen and oxygen atoms in total. The van der Waals surface area contributed by atoms with Crippen LogP contribution in [-0.2, 0) is 20.9 Å². The third-order valence-corrected chi connectivity index (χ3v) is 5.25. The van der Waals surface area contributed by atoms with Crippen molar-refractivity contribution < 1.29 is 14.3 Å². The molecule has 0 aliphatic carbocycles. The first-order valence-electron chi connectivity index (χ1n) is 8.78. The Morgan fingerprint density at radius 3 is 2.79 bits per heavy atom. The number of amides is 1. The summed E-state index contributed by atoms with van der Waals surface area (Å²) in [6.45, 7) is 2.94. The number of anilines is 1. The van der Waals surface area contributed by atoms with E-state index >= 15 is 0 Å². The molecule has 146 valence electrons. The van der Waals surface area contributed by atoms with Gasteiger partial charge in [-0.2, -0.15) is 5.26 Å². The minimum atomic E-state index is -0.526. The second-order valence-corrected chi connectivity index (χ2v) is 7.20. The van der Waals surface area contributed by atoms with E-state index in [1.165, 1.54) is 23.2 Å². The molecule has 0 N–H and O–H groups in total. The van der Waals surface area contributed by atoms with E-state index in [-0.39, 0.29) is 19.1 Å². The number of hydrogen-bond donors (Lipinski definition) is 0. The Kier molecular flexibility index (Phi) is 6.32. The van der Waals surface area contributed by atoms with E-state index in [2.05, 4.69) is 16.0 Å². The predicted molar refractivity (Wildman–Crippen MR) is 109 cm³/mol. The third-order valence-electron chi connectivity index (χ3n) is 4.02. The molecular weight excluding hydrogens is 388 g/mol. The average molecular weight is 406 g/mol. The number of aromatic nitrogens is 2. The minimum absolute atomic E-state index is 0.227. The maximum absolute atomic E-state index is 12.9. The zero-order valence-corrected chi connectivity index (χ0v) is 16.8. The third kappa shape index (κ3) is 5.03. The van der Waals surface area contributed by atoms with Gasteiger partial charge in [0, 0.05) is 24.9 Å². The second-order valence-electron chi connectivity index (χ2n) is 6.22. The van der Waals surface area contributed by atoms with E-state index in [1.54, 1.807) is 30.6 Å². The molecule has 0 saturated heterocycles. The van der Waals surface area contributed by atoms with Crippen molar-refractivity contribution in [3.63, 3.8) is 0 Å². The summed E-state index contributed by atoms with van der Waals surface area (Å²) in [5.41, 5.74) is 2.83. The number of hydrogen-bond acceptors (Lipinski definition) is 7. The monoisotopic (exact) mass is 406 g/mol. The number of esters is 1. The molecular formula is C21H18N4O3S. The number of rotatable bonds is 6. The Morgan fingerprint density at radius 2 is 2.10 bits per heavy atom. The van der Waals surface area contributed by atoms with Gasteiger partial charge < -0.3 is 4.74 Å². The topological polar surface area (TPSA) is 96.2 Å². The largest absolute Gasteiger partial charge is 0.456 e. The summed E-state index contributed by atoms with van der Waals surface area (Å²) in [4.78, 5) is 34.2. The van der Waals surface area contributed by atoms with Gasteiger partial charge in [0.1, 0.15) is 10.0 Å². The summed E-state index contributed by atoms with van der Waals surface area (Å²) < 4.78 is 4.91. The first kappa shape index (κ1) is 20.2. The van der Waals surface area contributed by atoms with Gasteiger partial charge in [0.2, 0.25) is 0 Å². The summed E-state index contributed by atoms with van der Waals surface area (Å²) in [5, 5.41) is 10.5. The van der Waals surface area contributed by atoms with Crippen LogP contribution >= 0.6 is 11.3 Å². The number of benzene rings is 1. The van der Waals surface area contributed by atoms with Crippen molar-refractivity contribution in [3.8, 4) is 16.6 Å². The molecule has 0 fully saturated rings. The molecule has 0 radical (unpaired) electrons. The van der Waals surface area contributed by atoms with Crippen LogP contribution in [0.2, 0.25) is 0 Å². The SMILES string of the molecule is CC(=O)OCC(=O)N(Cc1cccc(C#N)c1)c1sc(-c2cccnc2)nc1C. The Labute approximate surface area is 172 Å². The molecule has 3 aromatic rings. The van der Waals surface area contributed by atoms with Gasteiger partial charge in [-0.25, -0.2) is 4.98 Å². The maximum atomic E-state index is 12.9. The molecule has 0 aliphatic heterocycles. The smallest absolute Gasteiger partial charge is 0.303 e. The number of aryl methyl sites for hydroxylation is 1. The average Bonchev–Trinajstić information content (AvgIpc) is 3.12. The fraction of sp³-hybridized carbons (Fsp3) is 0.190. The van der Waals surface area contributed by atoms with Gasteiger partial charge in [-0.3, -0.25) is 19.5 Å². The lowest BCUT2D eigenvalue weighted by atomic mass is 10.1. The Bertz CT molecular complexity index is 1070. The molecule has 0 aliphatic rings. The van der Waals surface area contributed by atoms with Crippen molar-refractivity contribution in [2.45, 2.75) is 20.4 Å². The van der Waals surface area contributed by atoms with E-state index in [0.717, 1.165) is 16.1 Å². The molecule has 29 heavy (non-hydrogen) atoms. The summed E-state index contributed by atoms with van der Waals surface area (Å²) in [5.74, 6) is -0.895. The van der Waals surface area contributed by atoms with Crippen LogP contribution in [0.1, 0.15) is 23.7 Å². The van der Waals surface area contributed by atoms with Gasteiger partial charge in [-0.05, 0) is 36.8 Å². The Morgan fingerprint density at radius 1 is 1.28 bits per heavy atom. The number of thiazole rings is 1. The Hall–Kier alpha value is -3.57. The van der Waals surface area contributed by atoms with Crippen LogP contribution in [0, 0.1) is 18.3 Å². The van der Waals surface area contributed by atoms with Gasteiger partial charge in [-0.1, -0.05) is 23.5 Å².